The summed E-state index contributed by atoms with van der Waals surface area (Å²) in [4.78, 5) is 11.5. The Labute approximate surface area is 125 Å². The highest BCUT2D eigenvalue weighted by Gasteiger charge is 2.51. The minimum Gasteiger partial charge on any atom is -0.480 e. The fraction of sp³-hybridized carbons (Fsp3) is 0.929. The van der Waals surface area contributed by atoms with Crippen LogP contribution >= 0.6 is 0 Å². The molecule has 7 heteroatoms. The molecule has 1 N–H and O–H groups in total. The Balaban J connectivity index is 1.83. The fourth-order valence-electron chi connectivity index (χ4n) is 4.13. The molecule has 1 saturated carbocycles. The van der Waals surface area contributed by atoms with Gasteiger partial charge < -0.3 is 9.84 Å². The van der Waals surface area contributed by atoms with Crippen molar-refractivity contribution in [3.63, 3.8) is 0 Å². The Kier molecular flexibility index (Phi) is 4.25. The van der Waals surface area contributed by atoms with E-state index in [9.17, 15) is 18.3 Å². The van der Waals surface area contributed by atoms with Crippen LogP contribution in [0.5, 0.6) is 0 Å². The van der Waals surface area contributed by atoms with Crippen LogP contribution in [0.25, 0.3) is 0 Å². The Hall–Kier alpha value is -0.660. The van der Waals surface area contributed by atoms with Gasteiger partial charge in [-0.05, 0) is 37.5 Å². The molecule has 0 radical (unpaired) electrons. The van der Waals surface area contributed by atoms with Gasteiger partial charge in [-0.3, -0.25) is 4.79 Å². The van der Waals surface area contributed by atoms with Crippen LogP contribution in [-0.2, 0) is 19.6 Å². The number of aliphatic carboxylic acids is 1. The van der Waals surface area contributed by atoms with Gasteiger partial charge in [0.15, 0.2) is 0 Å². The average molecular weight is 317 g/mol. The number of sulfonamides is 1. The molecule has 0 spiro atoms. The smallest absolute Gasteiger partial charge is 0.322 e. The van der Waals surface area contributed by atoms with E-state index in [0.29, 0.717) is 19.6 Å². The van der Waals surface area contributed by atoms with E-state index in [4.69, 9.17) is 4.74 Å². The molecule has 4 unspecified atom stereocenters. The van der Waals surface area contributed by atoms with E-state index in [2.05, 4.69) is 0 Å². The summed E-state index contributed by atoms with van der Waals surface area (Å²) in [7, 11) is -3.54. The molecule has 2 heterocycles. The SMILES string of the molecule is O=C(O)C1CC2CCCCC2N1S(=O)(=O)CC1CCOC1. The van der Waals surface area contributed by atoms with Crippen molar-refractivity contribution in [2.45, 2.75) is 50.6 Å². The zero-order valence-corrected chi connectivity index (χ0v) is 12.9. The molecule has 1 aliphatic carbocycles. The lowest BCUT2D eigenvalue weighted by molar-refractivity contribution is -0.141. The molecule has 0 amide bonds. The van der Waals surface area contributed by atoms with E-state index in [1.165, 1.54) is 4.31 Å². The van der Waals surface area contributed by atoms with Crippen LogP contribution in [0.3, 0.4) is 0 Å². The van der Waals surface area contributed by atoms with Gasteiger partial charge in [0, 0.05) is 12.6 Å². The van der Waals surface area contributed by atoms with Crippen LogP contribution in [0.1, 0.15) is 38.5 Å². The Morgan fingerprint density at radius 1 is 1.24 bits per heavy atom. The molecule has 2 aliphatic heterocycles. The molecule has 3 aliphatic rings. The first-order valence-electron chi connectivity index (χ1n) is 7.81. The van der Waals surface area contributed by atoms with E-state index in [1.54, 1.807) is 0 Å². The predicted molar refractivity (Wildman–Crippen MR) is 76.3 cm³/mol. The van der Waals surface area contributed by atoms with Gasteiger partial charge in [-0.1, -0.05) is 12.8 Å². The maximum atomic E-state index is 12.8. The maximum Gasteiger partial charge on any atom is 0.322 e. The van der Waals surface area contributed by atoms with Crippen molar-refractivity contribution in [3.05, 3.63) is 0 Å². The highest BCUT2D eigenvalue weighted by Crippen LogP contribution is 2.41. The first-order valence-corrected chi connectivity index (χ1v) is 9.41. The van der Waals surface area contributed by atoms with Crippen LogP contribution in [0.4, 0.5) is 0 Å². The maximum absolute atomic E-state index is 12.8. The van der Waals surface area contributed by atoms with Crippen molar-refractivity contribution in [1.82, 2.24) is 4.31 Å². The van der Waals surface area contributed by atoms with E-state index in [0.717, 1.165) is 32.1 Å². The third kappa shape index (κ3) is 2.96. The Morgan fingerprint density at radius 2 is 2.00 bits per heavy atom. The van der Waals surface area contributed by atoms with Gasteiger partial charge in [0.25, 0.3) is 0 Å². The molecular weight excluding hydrogens is 294 g/mol. The number of carbonyl (C=O) groups is 1. The summed E-state index contributed by atoms with van der Waals surface area (Å²) in [6, 6.07) is -0.974. The van der Waals surface area contributed by atoms with Crippen molar-refractivity contribution < 1.29 is 23.1 Å². The van der Waals surface area contributed by atoms with Crippen LogP contribution < -0.4 is 0 Å². The standard InChI is InChI=1S/C14H23NO5S/c16-14(17)13-7-11-3-1-2-4-12(11)15(13)21(18,19)9-10-5-6-20-8-10/h10-13H,1-9H2,(H,16,17). The molecule has 21 heavy (non-hydrogen) atoms. The van der Waals surface area contributed by atoms with Crippen LogP contribution in [0.15, 0.2) is 0 Å². The summed E-state index contributed by atoms with van der Waals surface area (Å²) in [6.07, 6.45) is 5.05. The highest BCUT2D eigenvalue weighted by molar-refractivity contribution is 7.89. The van der Waals surface area contributed by atoms with Gasteiger partial charge in [0.1, 0.15) is 6.04 Å². The molecular formula is C14H23NO5S. The summed E-state index contributed by atoms with van der Waals surface area (Å²) < 4.78 is 32.1. The lowest BCUT2D eigenvalue weighted by Gasteiger charge is -2.32. The second-order valence-electron chi connectivity index (χ2n) is 6.54. The molecule has 4 atom stereocenters. The molecule has 2 saturated heterocycles. The van der Waals surface area contributed by atoms with Gasteiger partial charge in [-0.25, -0.2) is 8.42 Å². The normalized spacial score (nSPS) is 37.5. The first kappa shape index (κ1) is 15.2. The second-order valence-corrected chi connectivity index (χ2v) is 8.46. The van der Waals surface area contributed by atoms with Crippen molar-refractivity contribution in [2.75, 3.05) is 19.0 Å². The topological polar surface area (TPSA) is 83.9 Å². The third-order valence-electron chi connectivity index (χ3n) is 5.11. The van der Waals surface area contributed by atoms with Gasteiger partial charge in [0.2, 0.25) is 10.0 Å². The lowest BCUT2D eigenvalue weighted by Crippen LogP contribution is -2.48. The Morgan fingerprint density at radius 3 is 2.67 bits per heavy atom. The van der Waals surface area contributed by atoms with Gasteiger partial charge in [-0.2, -0.15) is 4.31 Å². The summed E-state index contributed by atoms with van der Waals surface area (Å²) in [5.41, 5.74) is 0. The fourth-order valence-corrected chi connectivity index (χ4v) is 6.41. The zero-order chi connectivity index (χ0) is 15.0. The number of nitrogens with zero attached hydrogens (tertiary/aromatic N) is 1. The number of rotatable bonds is 4. The molecule has 6 nitrogen and oxygen atoms in total. The monoisotopic (exact) mass is 317 g/mol. The quantitative estimate of drug-likeness (QED) is 0.838. The molecule has 0 aromatic carbocycles. The number of fused-ring (bicyclic) bond motifs is 1. The van der Waals surface area contributed by atoms with E-state index >= 15 is 0 Å². The summed E-state index contributed by atoms with van der Waals surface area (Å²) in [6.45, 7) is 1.08. The average Bonchev–Trinajstić information content (AvgIpc) is 3.04. The van der Waals surface area contributed by atoms with Crippen LogP contribution in [0.2, 0.25) is 0 Å². The number of ether oxygens (including phenoxy) is 1. The largest absolute Gasteiger partial charge is 0.480 e. The van der Waals surface area contributed by atoms with Gasteiger partial charge in [0.05, 0.1) is 12.4 Å². The molecule has 0 bridgehead atoms. The first-order chi connectivity index (χ1) is 9.99. The van der Waals surface area contributed by atoms with Crippen molar-refractivity contribution >= 4 is 16.0 Å². The van der Waals surface area contributed by atoms with E-state index in [1.807, 2.05) is 0 Å². The zero-order valence-electron chi connectivity index (χ0n) is 12.1. The summed E-state index contributed by atoms with van der Waals surface area (Å²) >= 11 is 0. The number of hydrogen-bond acceptors (Lipinski definition) is 4. The summed E-state index contributed by atoms with van der Waals surface area (Å²) in [5, 5.41) is 9.42. The second kappa shape index (κ2) is 5.85. The van der Waals surface area contributed by atoms with Gasteiger partial charge in [-0.15, -0.1) is 0 Å². The van der Waals surface area contributed by atoms with Gasteiger partial charge >= 0.3 is 5.97 Å². The minimum absolute atomic E-state index is 0.00656. The van der Waals surface area contributed by atoms with Crippen molar-refractivity contribution in [3.8, 4) is 0 Å². The van der Waals surface area contributed by atoms with Crippen molar-refractivity contribution in [2.24, 2.45) is 11.8 Å². The predicted octanol–water partition coefficient (Wildman–Crippen LogP) is 1.07. The molecule has 3 rings (SSSR count). The van der Waals surface area contributed by atoms with Crippen molar-refractivity contribution in [1.29, 1.82) is 0 Å². The minimum atomic E-state index is -3.54. The molecule has 3 fully saturated rings. The van der Waals surface area contributed by atoms with Crippen LogP contribution in [-0.4, -0.2) is 54.8 Å². The van der Waals surface area contributed by atoms with E-state index in [-0.39, 0.29) is 23.6 Å². The molecule has 120 valence electrons. The third-order valence-corrected chi connectivity index (χ3v) is 7.17. The number of carboxylic acids is 1. The van der Waals surface area contributed by atoms with Crippen LogP contribution in [0, 0.1) is 11.8 Å². The number of carboxylic acid groups (broad SMARTS) is 1. The molecule has 0 aromatic heterocycles. The highest BCUT2D eigenvalue weighted by atomic mass is 32.2. The summed E-state index contributed by atoms with van der Waals surface area (Å²) in [5.74, 6) is -0.753. The van der Waals surface area contributed by atoms with E-state index < -0.39 is 22.0 Å². The lowest BCUT2D eigenvalue weighted by atomic mass is 9.85. The Bertz CT molecular complexity index is 499. The molecule has 0 aromatic rings. The number of hydrogen-bond donors (Lipinski definition) is 1.